The maximum atomic E-state index is 8.39. The molecule has 0 aromatic rings. The smallest absolute Gasteiger partial charge is 0.148 e. The lowest BCUT2D eigenvalue weighted by atomic mass is 10.3. The molecule has 0 aromatic heterocycles. The molecule has 8 heavy (non-hydrogen) atoms. The van der Waals surface area contributed by atoms with Gasteiger partial charge in [0.05, 0.1) is 6.61 Å². The molecule has 1 rings (SSSR count). The van der Waals surface area contributed by atoms with Crippen molar-refractivity contribution >= 4 is 15.9 Å². The first-order valence-corrected chi connectivity index (χ1v) is 3.05. The molecule has 3 heteroatoms. The predicted molar refractivity (Wildman–Crippen MR) is 32.4 cm³/mol. The molecule has 0 amide bonds. The number of halogens is 1. The highest BCUT2D eigenvalue weighted by molar-refractivity contribution is 9.12. The van der Waals surface area contributed by atoms with Gasteiger partial charge >= 0.3 is 0 Å². The molecule has 2 atom stereocenters. The van der Waals surface area contributed by atoms with E-state index < -0.39 is 0 Å². The molecule has 1 heterocycles. The Morgan fingerprint density at radius 1 is 1.75 bits per heavy atom. The standard InChI is InChI=1S/C5H5BrO2/c6-2-1-4-5(3-7)8-4/h4-5,7H,3H2. The summed E-state index contributed by atoms with van der Waals surface area (Å²) in [6.45, 7) is 0.0757. The van der Waals surface area contributed by atoms with Crippen LogP contribution in [-0.4, -0.2) is 23.9 Å². The van der Waals surface area contributed by atoms with E-state index >= 15 is 0 Å². The molecule has 0 aromatic carbocycles. The number of aliphatic hydroxyl groups excluding tert-OH is 1. The molecule has 0 spiro atoms. The van der Waals surface area contributed by atoms with Gasteiger partial charge in [0.2, 0.25) is 0 Å². The molecule has 1 fully saturated rings. The molecule has 2 unspecified atom stereocenters. The maximum absolute atomic E-state index is 8.39. The van der Waals surface area contributed by atoms with Crippen LogP contribution in [0.25, 0.3) is 0 Å². The van der Waals surface area contributed by atoms with Crippen molar-refractivity contribution in [2.75, 3.05) is 6.61 Å². The minimum Gasteiger partial charge on any atom is -0.394 e. The molecular formula is C5H5BrO2. The molecular weight excluding hydrogens is 172 g/mol. The highest BCUT2D eigenvalue weighted by Gasteiger charge is 2.36. The maximum Gasteiger partial charge on any atom is 0.148 e. The number of hydrogen-bond acceptors (Lipinski definition) is 2. The van der Waals surface area contributed by atoms with Crippen LogP contribution in [0, 0.1) is 10.8 Å². The normalized spacial score (nSPS) is 33.2. The van der Waals surface area contributed by atoms with Gasteiger partial charge in [-0.2, -0.15) is 0 Å². The van der Waals surface area contributed by atoms with Crippen molar-refractivity contribution in [3.8, 4) is 10.8 Å². The average molecular weight is 177 g/mol. The third-order valence-electron chi connectivity index (χ3n) is 0.959. The van der Waals surface area contributed by atoms with Crippen molar-refractivity contribution in [2.45, 2.75) is 12.2 Å². The fourth-order valence-corrected chi connectivity index (χ4v) is 0.688. The third kappa shape index (κ3) is 1.22. The highest BCUT2D eigenvalue weighted by atomic mass is 79.9. The minimum absolute atomic E-state index is 0.0277. The average Bonchev–Trinajstić information content (AvgIpc) is 2.48. The van der Waals surface area contributed by atoms with E-state index in [1.54, 1.807) is 0 Å². The summed E-state index contributed by atoms with van der Waals surface area (Å²) in [5, 5.41) is 8.39. The van der Waals surface area contributed by atoms with Crippen molar-refractivity contribution in [3.63, 3.8) is 0 Å². The van der Waals surface area contributed by atoms with Crippen LogP contribution in [0.5, 0.6) is 0 Å². The van der Waals surface area contributed by atoms with Crippen LogP contribution in [0.15, 0.2) is 0 Å². The Labute approximate surface area is 56.0 Å². The van der Waals surface area contributed by atoms with Crippen LogP contribution in [0.2, 0.25) is 0 Å². The Hall–Kier alpha value is -0.0400. The Kier molecular flexibility index (Phi) is 1.90. The lowest BCUT2D eigenvalue weighted by Crippen LogP contribution is -1.95. The fraction of sp³-hybridized carbons (Fsp3) is 0.600. The molecule has 1 saturated heterocycles. The van der Waals surface area contributed by atoms with Crippen LogP contribution in [0.3, 0.4) is 0 Å². The van der Waals surface area contributed by atoms with Gasteiger partial charge in [0.25, 0.3) is 0 Å². The molecule has 2 nitrogen and oxygen atoms in total. The van der Waals surface area contributed by atoms with Gasteiger partial charge in [-0.25, -0.2) is 0 Å². The summed E-state index contributed by atoms with van der Waals surface area (Å²) in [6, 6.07) is 0. The van der Waals surface area contributed by atoms with Gasteiger partial charge in [-0.15, -0.1) is 0 Å². The van der Waals surface area contributed by atoms with Gasteiger partial charge in [-0.3, -0.25) is 0 Å². The zero-order valence-electron chi connectivity index (χ0n) is 4.10. The zero-order chi connectivity index (χ0) is 5.98. The molecule has 0 bridgehead atoms. The summed E-state index contributed by atoms with van der Waals surface area (Å²) in [5.41, 5.74) is 0. The Balaban J connectivity index is 2.23. The highest BCUT2D eigenvalue weighted by Crippen LogP contribution is 2.19. The Bertz CT molecular complexity index is 135. The van der Waals surface area contributed by atoms with Crippen LogP contribution in [-0.2, 0) is 4.74 Å². The third-order valence-corrected chi connectivity index (χ3v) is 1.19. The zero-order valence-corrected chi connectivity index (χ0v) is 5.68. The van der Waals surface area contributed by atoms with Crippen molar-refractivity contribution in [1.29, 1.82) is 0 Å². The summed E-state index contributed by atoms with van der Waals surface area (Å²) in [6.07, 6.45) is -0.0561. The summed E-state index contributed by atoms with van der Waals surface area (Å²) in [5.74, 6) is 2.70. The second-order valence-electron chi connectivity index (χ2n) is 1.52. The topological polar surface area (TPSA) is 32.8 Å². The van der Waals surface area contributed by atoms with E-state index in [2.05, 4.69) is 26.7 Å². The van der Waals surface area contributed by atoms with E-state index in [4.69, 9.17) is 9.84 Å². The molecule has 1 N–H and O–H groups in total. The van der Waals surface area contributed by atoms with Gasteiger partial charge < -0.3 is 9.84 Å². The monoisotopic (exact) mass is 176 g/mol. The number of rotatable bonds is 1. The fourth-order valence-electron chi connectivity index (χ4n) is 0.462. The molecule has 1 aliphatic rings. The largest absolute Gasteiger partial charge is 0.394 e. The minimum atomic E-state index is -0.0284. The Morgan fingerprint density at radius 2 is 2.50 bits per heavy atom. The van der Waals surface area contributed by atoms with Crippen molar-refractivity contribution in [1.82, 2.24) is 0 Å². The van der Waals surface area contributed by atoms with Gasteiger partial charge in [-0.05, 0) is 4.83 Å². The van der Waals surface area contributed by atoms with E-state index in [1.807, 2.05) is 0 Å². The molecule has 0 radical (unpaired) electrons. The molecule has 0 aliphatic carbocycles. The first-order chi connectivity index (χ1) is 3.88. The number of ether oxygens (including phenoxy) is 1. The molecule has 44 valence electrons. The predicted octanol–water partition coefficient (Wildman–Crippen LogP) is 0.102. The van der Waals surface area contributed by atoms with Gasteiger partial charge in [0.15, 0.2) is 0 Å². The van der Waals surface area contributed by atoms with E-state index in [1.165, 1.54) is 0 Å². The number of epoxide rings is 1. The summed E-state index contributed by atoms with van der Waals surface area (Å²) < 4.78 is 4.85. The first-order valence-electron chi connectivity index (χ1n) is 2.26. The van der Waals surface area contributed by atoms with E-state index in [-0.39, 0.29) is 18.8 Å². The SMILES string of the molecule is OCC1OC1C#CBr. The second-order valence-corrected chi connectivity index (χ2v) is 1.91. The Morgan fingerprint density at radius 3 is 2.88 bits per heavy atom. The summed E-state index contributed by atoms with van der Waals surface area (Å²) >= 11 is 2.92. The summed E-state index contributed by atoms with van der Waals surface area (Å²) in [4.78, 5) is 2.52. The lowest BCUT2D eigenvalue weighted by Gasteiger charge is -1.73. The van der Waals surface area contributed by atoms with E-state index in [9.17, 15) is 0 Å². The second kappa shape index (κ2) is 2.49. The van der Waals surface area contributed by atoms with Crippen molar-refractivity contribution in [3.05, 3.63) is 0 Å². The number of aliphatic hydroxyl groups is 1. The van der Waals surface area contributed by atoms with E-state index in [0.29, 0.717) is 0 Å². The van der Waals surface area contributed by atoms with Crippen molar-refractivity contribution < 1.29 is 9.84 Å². The quantitative estimate of drug-likeness (QED) is 0.455. The van der Waals surface area contributed by atoms with Gasteiger partial charge in [0.1, 0.15) is 12.2 Å². The van der Waals surface area contributed by atoms with Crippen LogP contribution in [0.1, 0.15) is 0 Å². The lowest BCUT2D eigenvalue weighted by molar-refractivity contribution is 0.243. The van der Waals surface area contributed by atoms with Gasteiger partial charge in [-0.1, -0.05) is 5.92 Å². The van der Waals surface area contributed by atoms with Crippen LogP contribution >= 0.6 is 15.9 Å². The van der Waals surface area contributed by atoms with Crippen LogP contribution in [0.4, 0.5) is 0 Å². The number of hydrogen-bond donors (Lipinski definition) is 1. The molecule has 1 aliphatic heterocycles. The van der Waals surface area contributed by atoms with E-state index in [0.717, 1.165) is 0 Å². The summed E-state index contributed by atoms with van der Waals surface area (Å²) in [7, 11) is 0. The molecule has 0 saturated carbocycles. The van der Waals surface area contributed by atoms with Crippen LogP contribution < -0.4 is 0 Å². The van der Waals surface area contributed by atoms with Crippen molar-refractivity contribution in [2.24, 2.45) is 0 Å². The van der Waals surface area contributed by atoms with Gasteiger partial charge in [0, 0.05) is 15.9 Å². The first kappa shape index (κ1) is 6.09.